The third-order valence-electron chi connectivity index (χ3n) is 3.94. The van der Waals surface area contributed by atoms with Gasteiger partial charge in [0, 0.05) is 25.9 Å². The van der Waals surface area contributed by atoms with Crippen molar-refractivity contribution in [3.8, 4) is 5.75 Å². The number of carbonyl (C=O) groups is 1. The molecule has 0 saturated carbocycles. The second-order valence-corrected chi connectivity index (χ2v) is 6.84. The van der Waals surface area contributed by atoms with Gasteiger partial charge in [-0.15, -0.1) is 0 Å². The van der Waals surface area contributed by atoms with E-state index in [1.54, 1.807) is 6.07 Å². The summed E-state index contributed by atoms with van der Waals surface area (Å²) in [4.78, 5) is 14.0. The molecule has 1 aromatic carbocycles. The van der Waals surface area contributed by atoms with Crippen molar-refractivity contribution < 1.29 is 13.9 Å². The van der Waals surface area contributed by atoms with Crippen LogP contribution in [0.3, 0.4) is 0 Å². The minimum atomic E-state index is -0.441. The van der Waals surface area contributed by atoms with Crippen LogP contribution in [-0.2, 0) is 4.79 Å². The van der Waals surface area contributed by atoms with Crippen LogP contribution in [0.4, 0.5) is 4.39 Å². The molecule has 1 saturated heterocycles. The van der Waals surface area contributed by atoms with E-state index in [-0.39, 0.29) is 23.7 Å². The minimum absolute atomic E-state index is 0.0106. The van der Waals surface area contributed by atoms with E-state index < -0.39 is 6.04 Å². The zero-order valence-electron chi connectivity index (χ0n) is 12.9. The number of benzene rings is 1. The predicted molar refractivity (Wildman–Crippen MR) is 87.1 cm³/mol. The van der Waals surface area contributed by atoms with Gasteiger partial charge < -0.3 is 15.4 Å². The lowest BCUT2D eigenvalue weighted by atomic mass is 10.0. The molecule has 1 aliphatic heterocycles. The Balaban J connectivity index is 1.88. The fourth-order valence-electron chi connectivity index (χ4n) is 2.44. The normalized spacial score (nSPS) is 17.6. The van der Waals surface area contributed by atoms with Gasteiger partial charge in [0.15, 0.2) is 0 Å². The number of halogens is 2. The van der Waals surface area contributed by atoms with Gasteiger partial charge in [-0.3, -0.25) is 4.79 Å². The molecule has 4 nitrogen and oxygen atoms in total. The monoisotopic (exact) mass is 372 g/mol. The molecule has 122 valence electrons. The molecular formula is C16H22BrFN2O2. The van der Waals surface area contributed by atoms with E-state index in [0.717, 1.165) is 12.8 Å². The molecular weight excluding hydrogens is 351 g/mol. The summed E-state index contributed by atoms with van der Waals surface area (Å²) in [5.41, 5.74) is 5.92. The molecule has 1 amide bonds. The smallest absolute Gasteiger partial charge is 0.239 e. The molecule has 0 bridgehead atoms. The van der Waals surface area contributed by atoms with Crippen molar-refractivity contribution in [1.82, 2.24) is 4.90 Å². The van der Waals surface area contributed by atoms with E-state index in [4.69, 9.17) is 10.5 Å². The molecule has 22 heavy (non-hydrogen) atoms. The molecule has 0 aromatic heterocycles. The zero-order valence-corrected chi connectivity index (χ0v) is 14.5. The maximum absolute atomic E-state index is 13.1. The Bertz CT molecular complexity index is 531. The number of rotatable bonds is 4. The lowest BCUT2D eigenvalue weighted by molar-refractivity contribution is -0.135. The van der Waals surface area contributed by atoms with Crippen LogP contribution in [0.25, 0.3) is 0 Å². The number of ether oxygens (including phenoxy) is 1. The molecule has 0 aliphatic carbocycles. The fraction of sp³-hybridized carbons (Fsp3) is 0.562. The standard InChI is InChI=1S/C16H22BrFN2O2/c1-10(2)15(19)16(21)20-7-5-12(6-8-20)22-14-4-3-11(18)9-13(14)17/h3-4,9-10,12,15H,5-8,19H2,1-2H3/t15-/m0/s1. The summed E-state index contributed by atoms with van der Waals surface area (Å²) in [5.74, 6) is 0.473. The van der Waals surface area contributed by atoms with Crippen molar-refractivity contribution in [2.24, 2.45) is 11.7 Å². The van der Waals surface area contributed by atoms with Crippen LogP contribution in [0.1, 0.15) is 26.7 Å². The quantitative estimate of drug-likeness (QED) is 0.883. The highest BCUT2D eigenvalue weighted by Crippen LogP contribution is 2.28. The van der Waals surface area contributed by atoms with Gasteiger partial charge in [-0.05, 0) is 40.0 Å². The summed E-state index contributed by atoms with van der Waals surface area (Å²) in [5, 5.41) is 0. The first kappa shape index (κ1) is 17.2. The molecule has 0 unspecified atom stereocenters. The maximum atomic E-state index is 13.1. The van der Waals surface area contributed by atoms with Gasteiger partial charge >= 0.3 is 0 Å². The van der Waals surface area contributed by atoms with Crippen LogP contribution in [-0.4, -0.2) is 36.0 Å². The third-order valence-corrected chi connectivity index (χ3v) is 4.56. The van der Waals surface area contributed by atoms with Crippen LogP contribution in [0.2, 0.25) is 0 Å². The first-order valence-corrected chi connectivity index (χ1v) is 8.34. The van der Waals surface area contributed by atoms with Crippen molar-refractivity contribution in [3.63, 3.8) is 0 Å². The molecule has 6 heteroatoms. The van der Waals surface area contributed by atoms with Gasteiger partial charge in [-0.25, -0.2) is 4.39 Å². The first-order valence-electron chi connectivity index (χ1n) is 7.54. The maximum Gasteiger partial charge on any atom is 0.239 e. The average molecular weight is 373 g/mol. The number of hydrogen-bond acceptors (Lipinski definition) is 3. The van der Waals surface area contributed by atoms with Crippen LogP contribution in [0, 0.1) is 11.7 Å². The number of hydrogen-bond donors (Lipinski definition) is 1. The average Bonchev–Trinajstić information content (AvgIpc) is 2.49. The van der Waals surface area contributed by atoms with E-state index in [9.17, 15) is 9.18 Å². The molecule has 1 fully saturated rings. The van der Waals surface area contributed by atoms with Crippen LogP contribution in [0.15, 0.2) is 22.7 Å². The zero-order chi connectivity index (χ0) is 16.3. The Labute approximate surface area is 138 Å². The Kier molecular flexibility index (Phi) is 5.81. The SMILES string of the molecule is CC(C)[C@H](N)C(=O)N1CCC(Oc2ccc(F)cc2Br)CC1. The summed E-state index contributed by atoms with van der Waals surface area (Å²) in [6.45, 7) is 5.18. The molecule has 0 radical (unpaired) electrons. The molecule has 1 aliphatic rings. The molecule has 1 aromatic rings. The largest absolute Gasteiger partial charge is 0.489 e. The number of piperidine rings is 1. The first-order chi connectivity index (χ1) is 10.4. The molecule has 1 heterocycles. The van der Waals surface area contributed by atoms with Gasteiger partial charge in [0.05, 0.1) is 10.5 Å². The van der Waals surface area contributed by atoms with Crippen LogP contribution >= 0.6 is 15.9 Å². The number of carbonyl (C=O) groups excluding carboxylic acids is 1. The van der Waals surface area contributed by atoms with Gasteiger partial charge in [0.25, 0.3) is 0 Å². The highest BCUT2D eigenvalue weighted by Gasteiger charge is 2.28. The molecule has 2 rings (SSSR count). The Morgan fingerprint density at radius 1 is 1.41 bits per heavy atom. The number of amides is 1. The van der Waals surface area contributed by atoms with Crippen molar-refractivity contribution >= 4 is 21.8 Å². The minimum Gasteiger partial charge on any atom is -0.489 e. The highest BCUT2D eigenvalue weighted by molar-refractivity contribution is 9.10. The van der Waals surface area contributed by atoms with Crippen LogP contribution in [0.5, 0.6) is 5.75 Å². The summed E-state index contributed by atoms with van der Waals surface area (Å²) in [6.07, 6.45) is 1.53. The third kappa shape index (κ3) is 4.20. The topological polar surface area (TPSA) is 55.6 Å². The van der Waals surface area contributed by atoms with E-state index in [1.165, 1.54) is 12.1 Å². The Morgan fingerprint density at radius 3 is 2.59 bits per heavy atom. The van der Waals surface area contributed by atoms with Gasteiger partial charge in [-0.2, -0.15) is 0 Å². The summed E-state index contributed by atoms with van der Waals surface area (Å²) in [7, 11) is 0. The second-order valence-electron chi connectivity index (χ2n) is 5.99. The molecule has 1 atom stereocenters. The van der Waals surface area contributed by atoms with E-state index in [1.807, 2.05) is 18.7 Å². The second kappa shape index (κ2) is 7.42. The Hall–Kier alpha value is -1.14. The summed E-state index contributed by atoms with van der Waals surface area (Å²) in [6, 6.07) is 3.94. The fourth-order valence-corrected chi connectivity index (χ4v) is 2.88. The summed E-state index contributed by atoms with van der Waals surface area (Å²) < 4.78 is 19.6. The van der Waals surface area contributed by atoms with Gasteiger partial charge in [0.1, 0.15) is 17.7 Å². The molecule has 0 spiro atoms. The van der Waals surface area contributed by atoms with Crippen molar-refractivity contribution in [1.29, 1.82) is 0 Å². The molecule has 2 N–H and O–H groups in total. The number of nitrogens with zero attached hydrogens (tertiary/aromatic N) is 1. The lowest BCUT2D eigenvalue weighted by Crippen LogP contribution is -2.50. The van der Waals surface area contributed by atoms with Crippen molar-refractivity contribution in [3.05, 3.63) is 28.5 Å². The van der Waals surface area contributed by atoms with Gasteiger partial charge in [-0.1, -0.05) is 13.8 Å². The number of likely N-dealkylation sites (tertiary alicyclic amines) is 1. The van der Waals surface area contributed by atoms with Crippen LogP contribution < -0.4 is 10.5 Å². The highest BCUT2D eigenvalue weighted by atomic mass is 79.9. The van der Waals surface area contributed by atoms with E-state index in [0.29, 0.717) is 23.3 Å². The van der Waals surface area contributed by atoms with E-state index >= 15 is 0 Å². The Morgan fingerprint density at radius 2 is 2.05 bits per heavy atom. The van der Waals surface area contributed by atoms with E-state index in [2.05, 4.69) is 15.9 Å². The van der Waals surface area contributed by atoms with Gasteiger partial charge in [0.2, 0.25) is 5.91 Å². The van der Waals surface area contributed by atoms with Crippen molar-refractivity contribution in [2.45, 2.75) is 38.8 Å². The van der Waals surface area contributed by atoms with Crippen molar-refractivity contribution in [2.75, 3.05) is 13.1 Å². The lowest BCUT2D eigenvalue weighted by Gasteiger charge is -2.34. The predicted octanol–water partition coefficient (Wildman–Crippen LogP) is 2.94. The summed E-state index contributed by atoms with van der Waals surface area (Å²) >= 11 is 3.30. The number of nitrogens with two attached hydrogens (primary N) is 1.